The van der Waals surface area contributed by atoms with E-state index in [1.807, 2.05) is 13.0 Å². The van der Waals surface area contributed by atoms with Crippen LogP contribution in [0.15, 0.2) is 36.7 Å². The molecule has 18 heavy (non-hydrogen) atoms. The Morgan fingerprint density at radius 2 is 2.06 bits per heavy atom. The molecule has 0 fully saturated rings. The Morgan fingerprint density at radius 3 is 2.78 bits per heavy atom. The zero-order chi connectivity index (χ0) is 13.1. The van der Waals surface area contributed by atoms with E-state index in [0.29, 0.717) is 15.6 Å². The molecule has 1 aromatic carbocycles. The van der Waals surface area contributed by atoms with E-state index in [1.54, 1.807) is 30.6 Å². The van der Waals surface area contributed by atoms with E-state index in [2.05, 4.69) is 4.98 Å². The predicted octanol–water partition coefficient (Wildman–Crippen LogP) is 4.12. The molecule has 0 N–H and O–H groups in total. The number of pyridine rings is 1. The van der Waals surface area contributed by atoms with Gasteiger partial charge in [-0.2, -0.15) is 0 Å². The van der Waals surface area contributed by atoms with Crippen LogP contribution in [0.3, 0.4) is 0 Å². The molecule has 0 aliphatic carbocycles. The summed E-state index contributed by atoms with van der Waals surface area (Å²) in [6.07, 6.45) is 3.50. The topological polar surface area (TPSA) is 30.0 Å². The van der Waals surface area contributed by atoms with Crippen LogP contribution in [-0.4, -0.2) is 10.8 Å². The summed E-state index contributed by atoms with van der Waals surface area (Å²) >= 11 is 12.0. The molecule has 0 amide bonds. The minimum atomic E-state index is -0.0182. The van der Waals surface area contributed by atoms with Crippen LogP contribution in [0.4, 0.5) is 0 Å². The van der Waals surface area contributed by atoms with Crippen molar-refractivity contribution in [2.75, 3.05) is 0 Å². The van der Waals surface area contributed by atoms with E-state index in [9.17, 15) is 4.79 Å². The first-order valence-electron chi connectivity index (χ1n) is 5.45. The molecule has 1 aromatic heterocycles. The average Bonchev–Trinajstić information content (AvgIpc) is 2.35. The number of carbonyl (C=O) groups excluding carboxylic acids is 1. The fourth-order valence-corrected chi connectivity index (χ4v) is 2.05. The van der Waals surface area contributed by atoms with Gasteiger partial charge in [-0.3, -0.25) is 9.78 Å². The molecule has 0 aliphatic heterocycles. The second-order valence-corrected chi connectivity index (χ2v) is 4.85. The molecular weight excluding hydrogens is 269 g/mol. The molecule has 0 atom stereocenters. The van der Waals surface area contributed by atoms with E-state index in [4.69, 9.17) is 23.2 Å². The number of carbonyl (C=O) groups is 1. The summed E-state index contributed by atoms with van der Waals surface area (Å²) in [5.74, 6) is -0.0182. The molecule has 0 spiro atoms. The van der Waals surface area contributed by atoms with E-state index in [1.165, 1.54) is 0 Å². The van der Waals surface area contributed by atoms with Gasteiger partial charge in [0.25, 0.3) is 0 Å². The fraction of sp³-hybridized carbons (Fsp3) is 0.143. The maximum absolute atomic E-state index is 12.1. The van der Waals surface area contributed by atoms with Crippen molar-refractivity contribution in [2.45, 2.75) is 13.3 Å². The highest BCUT2D eigenvalue weighted by molar-refractivity contribution is 6.42. The van der Waals surface area contributed by atoms with E-state index >= 15 is 0 Å². The van der Waals surface area contributed by atoms with Gasteiger partial charge in [-0.05, 0) is 30.2 Å². The zero-order valence-corrected chi connectivity index (χ0v) is 11.3. The number of ketones is 1. The minimum absolute atomic E-state index is 0.0182. The molecule has 0 aliphatic rings. The van der Waals surface area contributed by atoms with Crippen molar-refractivity contribution in [1.29, 1.82) is 0 Å². The number of aromatic nitrogens is 1. The lowest BCUT2D eigenvalue weighted by atomic mass is 10.0. The Balaban J connectivity index is 2.24. The Kier molecular flexibility index (Phi) is 4.00. The molecule has 2 nitrogen and oxygen atoms in total. The third kappa shape index (κ3) is 2.89. The standard InChI is InChI=1S/C14H11Cl2NO/c1-9-5-11(8-17-7-9)13(18)6-10-3-2-4-12(15)14(10)16/h2-5,7-8H,6H2,1H3. The van der Waals surface area contributed by atoms with Gasteiger partial charge in [0, 0.05) is 24.4 Å². The minimum Gasteiger partial charge on any atom is -0.294 e. The number of aryl methyl sites for hydroxylation is 1. The predicted molar refractivity (Wildman–Crippen MR) is 73.5 cm³/mol. The Morgan fingerprint density at radius 1 is 1.28 bits per heavy atom. The second kappa shape index (κ2) is 5.51. The van der Waals surface area contributed by atoms with Crippen molar-refractivity contribution >= 4 is 29.0 Å². The van der Waals surface area contributed by atoms with Crippen LogP contribution < -0.4 is 0 Å². The third-order valence-electron chi connectivity index (χ3n) is 2.58. The van der Waals surface area contributed by atoms with Crippen LogP contribution in [0.25, 0.3) is 0 Å². The zero-order valence-electron chi connectivity index (χ0n) is 9.78. The first-order chi connectivity index (χ1) is 8.58. The van der Waals surface area contributed by atoms with Gasteiger partial charge in [-0.25, -0.2) is 0 Å². The fourth-order valence-electron chi connectivity index (χ4n) is 1.67. The number of benzene rings is 1. The first-order valence-corrected chi connectivity index (χ1v) is 6.21. The quantitative estimate of drug-likeness (QED) is 0.791. The van der Waals surface area contributed by atoms with Crippen molar-refractivity contribution in [2.24, 2.45) is 0 Å². The lowest BCUT2D eigenvalue weighted by Crippen LogP contribution is -2.05. The summed E-state index contributed by atoms with van der Waals surface area (Å²) in [5.41, 5.74) is 2.28. The van der Waals surface area contributed by atoms with Crippen molar-refractivity contribution < 1.29 is 4.79 Å². The molecule has 0 saturated carbocycles. The summed E-state index contributed by atoms with van der Waals surface area (Å²) in [6.45, 7) is 1.90. The van der Waals surface area contributed by atoms with Crippen LogP contribution in [0, 0.1) is 6.92 Å². The molecule has 0 radical (unpaired) electrons. The van der Waals surface area contributed by atoms with Gasteiger partial charge in [-0.1, -0.05) is 35.3 Å². The van der Waals surface area contributed by atoms with Crippen LogP contribution in [0.5, 0.6) is 0 Å². The van der Waals surface area contributed by atoms with Crippen LogP contribution in [-0.2, 0) is 6.42 Å². The molecule has 2 aromatic rings. The molecular formula is C14H11Cl2NO. The normalized spacial score (nSPS) is 10.4. The molecule has 0 bridgehead atoms. The number of halogens is 2. The van der Waals surface area contributed by atoms with Gasteiger partial charge in [0.2, 0.25) is 0 Å². The largest absolute Gasteiger partial charge is 0.294 e. The highest BCUT2D eigenvalue weighted by Gasteiger charge is 2.11. The SMILES string of the molecule is Cc1cncc(C(=O)Cc2cccc(Cl)c2Cl)c1. The van der Waals surface area contributed by atoms with Crippen molar-refractivity contribution in [3.63, 3.8) is 0 Å². The van der Waals surface area contributed by atoms with Crippen molar-refractivity contribution in [1.82, 2.24) is 4.98 Å². The van der Waals surface area contributed by atoms with Crippen molar-refractivity contribution in [3.05, 3.63) is 63.4 Å². The van der Waals surface area contributed by atoms with Gasteiger partial charge in [0.15, 0.2) is 5.78 Å². The van der Waals surface area contributed by atoms with Gasteiger partial charge in [-0.15, -0.1) is 0 Å². The molecule has 1 heterocycles. The Bertz CT molecular complexity index is 596. The second-order valence-electron chi connectivity index (χ2n) is 4.06. The summed E-state index contributed by atoms with van der Waals surface area (Å²) < 4.78 is 0. The summed E-state index contributed by atoms with van der Waals surface area (Å²) in [4.78, 5) is 16.1. The number of rotatable bonds is 3. The van der Waals surface area contributed by atoms with Crippen LogP contribution in [0.2, 0.25) is 10.0 Å². The van der Waals surface area contributed by atoms with E-state index < -0.39 is 0 Å². The summed E-state index contributed by atoms with van der Waals surface area (Å²) in [5, 5.41) is 0.900. The molecule has 0 unspecified atom stereocenters. The van der Waals surface area contributed by atoms with E-state index in [-0.39, 0.29) is 12.2 Å². The monoisotopic (exact) mass is 279 g/mol. The highest BCUT2D eigenvalue weighted by Crippen LogP contribution is 2.26. The Labute approximate surface area is 116 Å². The smallest absolute Gasteiger partial charge is 0.168 e. The summed E-state index contributed by atoms with van der Waals surface area (Å²) in [7, 11) is 0. The summed E-state index contributed by atoms with van der Waals surface area (Å²) in [6, 6.07) is 7.10. The van der Waals surface area contributed by atoms with Gasteiger partial charge in [0.1, 0.15) is 0 Å². The number of nitrogens with zero attached hydrogens (tertiary/aromatic N) is 1. The maximum atomic E-state index is 12.1. The van der Waals surface area contributed by atoms with Crippen LogP contribution in [0.1, 0.15) is 21.5 Å². The number of Topliss-reactive ketones (excluding diaryl/α,β-unsaturated/α-hetero) is 1. The molecule has 2 rings (SSSR count). The number of hydrogen-bond donors (Lipinski definition) is 0. The van der Waals surface area contributed by atoms with Crippen molar-refractivity contribution in [3.8, 4) is 0 Å². The number of hydrogen-bond acceptors (Lipinski definition) is 2. The van der Waals surface area contributed by atoms with Gasteiger partial charge >= 0.3 is 0 Å². The highest BCUT2D eigenvalue weighted by atomic mass is 35.5. The first kappa shape index (κ1) is 13.1. The van der Waals surface area contributed by atoms with Gasteiger partial charge in [0.05, 0.1) is 10.0 Å². The lowest BCUT2D eigenvalue weighted by Gasteiger charge is -2.05. The molecule has 0 saturated heterocycles. The third-order valence-corrected chi connectivity index (χ3v) is 3.44. The average molecular weight is 280 g/mol. The van der Waals surface area contributed by atoms with Gasteiger partial charge < -0.3 is 0 Å². The lowest BCUT2D eigenvalue weighted by molar-refractivity contribution is 0.0992. The van der Waals surface area contributed by atoms with E-state index in [0.717, 1.165) is 11.1 Å². The molecule has 4 heteroatoms. The maximum Gasteiger partial charge on any atom is 0.168 e. The molecule has 92 valence electrons. The Hall–Kier alpha value is -1.38. The van der Waals surface area contributed by atoms with Crippen LogP contribution >= 0.6 is 23.2 Å².